The van der Waals surface area contributed by atoms with E-state index in [0.717, 1.165) is 0 Å². The first-order valence-electron chi connectivity index (χ1n) is 8.63. The number of amides is 2. The SMILES string of the molecule is CC[C@H](C)NC(=O)C(=O)NC[C@H](c1cccnc1)S(=O)(=O)c1ccccc1. The number of hydrogen-bond donors (Lipinski definition) is 2. The van der Waals surface area contributed by atoms with Crippen LogP contribution in [0.1, 0.15) is 31.1 Å². The number of rotatable bonds is 7. The Morgan fingerprint density at radius 3 is 2.37 bits per heavy atom. The third-order valence-electron chi connectivity index (χ3n) is 4.15. The molecule has 0 aliphatic heterocycles. The van der Waals surface area contributed by atoms with Crippen molar-refractivity contribution in [1.29, 1.82) is 0 Å². The molecule has 0 unspecified atom stereocenters. The van der Waals surface area contributed by atoms with Gasteiger partial charge in [0, 0.05) is 25.0 Å². The van der Waals surface area contributed by atoms with Crippen LogP contribution in [0, 0.1) is 0 Å². The molecular weight excluding hydrogens is 366 g/mol. The average molecular weight is 389 g/mol. The van der Waals surface area contributed by atoms with Gasteiger partial charge in [0.2, 0.25) is 0 Å². The molecule has 2 aromatic rings. The monoisotopic (exact) mass is 389 g/mol. The molecule has 1 aromatic carbocycles. The summed E-state index contributed by atoms with van der Waals surface area (Å²) >= 11 is 0. The summed E-state index contributed by atoms with van der Waals surface area (Å²) in [5, 5.41) is 3.92. The van der Waals surface area contributed by atoms with Crippen molar-refractivity contribution >= 4 is 21.7 Å². The molecule has 7 nitrogen and oxygen atoms in total. The van der Waals surface area contributed by atoms with Gasteiger partial charge < -0.3 is 10.6 Å². The fraction of sp³-hybridized carbons (Fsp3) is 0.316. The number of nitrogens with one attached hydrogen (secondary N) is 2. The number of nitrogens with zero attached hydrogens (tertiary/aromatic N) is 1. The van der Waals surface area contributed by atoms with Gasteiger partial charge in [0.15, 0.2) is 9.84 Å². The zero-order chi connectivity index (χ0) is 19.9. The first-order chi connectivity index (χ1) is 12.9. The van der Waals surface area contributed by atoms with Crippen molar-refractivity contribution < 1.29 is 18.0 Å². The molecule has 144 valence electrons. The van der Waals surface area contributed by atoms with E-state index in [1.807, 2.05) is 6.92 Å². The van der Waals surface area contributed by atoms with Crippen LogP contribution in [0.25, 0.3) is 0 Å². The number of pyridine rings is 1. The number of hydrogen-bond acceptors (Lipinski definition) is 5. The minimum Gasteiger partial charge on any atom is -0.346 e. The van der Waals surface area contributed by atoms with Crippen LogP contribution in [0.15, 0.2) is 59.8 Å². The van der Waals surface area contributed by atoms with Gasteiger partial charge in [0.25, 0.3) is 0 Å². The van der Waals surface area contributed by atoms with E-state index in [9.17, 15) is 18.0 Å². The molecule has 0 saturated heterocycles. The summed E-state index contributed by atoms with van der Waals surface area (Å²) < 4.78 is 26.1. The van der Waals surface area contributed by atoms with Crippen LogP contribution in [0.2, 0.25) is 0 Å². The molecule has 0 spiro atoms. The van der Waals surface area contributed by atoms with Crippen molar-refractivity contribution in [2.75, 3.05) is 6.54 Å². The number of sulfone groups is 1. The third kappa shape index (κ3) is 5.37. The van der Waals surface area contributed by atoms with Gasteiger partial charge >= 0.3 is 11.8 Å². The summed E-state index contributed by atoms with van der Waals surface area (Å²) in [6.45, 7) is 3.42. The predicted molar refractivity (Wildman–Crippen MR) is 102 cm³/mol. The Balaban J connectivity index is 2.23. The van der Waals surface area contributed by atoms with Crippen LogP contribution < -0.4 is 10.6 Å². The number of carbonyl (C=O) groups excluding carboxylic acids is 2. The average Bonchev–Trinajstić information content (AvgIpc) is 2.69. The molecule has 0 fully saturated rings. The maximum atomic E-state index is 13.1. The maximum Gasteiger partial charge on any atom is 0.309 e. The van der Waals surface area contributed by atoms with Crippen LogP contribution in [0.5, 0.6) is 0 Å². The highest BCUT2D eigenvalue weighted by Gasteiger charge is 2.30. The molecule has 1 aromatic heterocycles. The smallest absolute Gasteiger partial charge is 0.309 e. The Bertz CT molecular complexity index is 870. The highest BCUT2D eigenvalue weighted by Crippen LogP contribution is 2.27. The van der Waals surface area contributed by atoms with Crippen LogP contribution in [0.4, 0.5) is 0 Å². The number of benzene rings is 1. The van der Waals surface area contributed by atoms with E-state index in [1.54, 1.807) is 37.3 Å². The fourth-order valence-corrected chi connectivity index (χ4v) is 4.07. The van der Waals surface area contributed by atoms with Crippen molar-refractivity contribution in [2.45, 2.75) is 36.5 Å². The quantitative estimate of drug-likeness (QED) is 0.700. The molecule has 0 aliphatic carbocycles. The molecule has 0 saturated carbocycles. The summed E-state index contributed by atoms with van der Waals surface area (Å²) in [4.78, 5) is 28.1. The Hall–Kier alpha value is -2.74. The predicted octanol–water partition coefficient (Wildman–Crippen LogP) is 1.63. The lowest BCUT2D eigenvalue weighted by Gasteiger charge is -2.19. The van der Waals surface area contributed by atoms with Gasteiger partial charge in [-0.05, 0) is 37.1 Å². The van der Waals surface area contributed by atoms with Crippen LogP contribution >= 0.6 is 0 Å². The molecule has 0 bridgehead atoms. The van der Waals surface area contributed by atoms with Gasteiger partial charge in [-0.2, -0.15) is 0 Å². The summed E-state index contributed by atoms with van der Waals surface area (Å²) in [5.41, 5.74) is 0.434. The Labute approximate surface area is 159 Å². The van der Waals surface area contributed by atoms with E-state index < -0.39 is 26.9 Å². The summed E-state index contributed by atoms with van der Waals surface area (Å²) in [5.74, 6) is -1.65. The Morgan fingerprint density at radius 1 is 1.07 bits per heavy atom. The van der Waals surface area contributed by atoms with Gasteiger partial charge in [0.1, 0.15) is 5.25 Å². The molecule has 27 heavy (non-hydrogen) atoms. The molecule has 0 radical (unpaired) electrons. The second-order valence-corrected chi connectivity index (χ2v) is 8.26. The molecule has 2 N–H and O–H groups in total. The minimum atomic E-state index is -3.79. The molecule has 0 aliphatic rings. The van der Waals surface area contributed by atoms with E-state index in [2.05, 4.69) is 15.6 Å². The minimum absolute atomic E-state index is 0.136. The fourth-order valence-electron chi connectivity index (χ4n) is 2.40. The highest BCUT2D eigenvalue weighted by molar-refractivity contribution is 7.91. The van der Waals surface area contributed by atoms with Gasteiger partial charge in [-0.1, -0.05) is 31.2 Å². The van der Waals surface area contributed by atoms with Crippen molar-refractivity contribution in [3.8, 4) is 0 Å². The van der Waals surface area contributed by atoms with Crippen LogP contribution in [0.3, 0.4) is 0 Å². The molecule has 1 heterocycles. The topological polar surface area (TPSA) is 105 Å². The molecule has 8 heteroatoms. The van der Waals surface area contributed by atoms with Crippen molar-refractivity contribution in [3.05, 3.63) is 60.4 Å². The molecule has 2 rings (SSSR count). The second kappa shape index (κ2) is 9.27. The van der Waals surface area contributed by atoms with E-state index in [4.69, 9.17) is 0 Å². The van der Waals surface area contributed by atoms with Crippen molar-refractivity contribution in [2.24, 2.45) is 0 Å². The van der Waals surface area contributed by atoms with Gasteiger partial charge in [-0.3, -0.25) is 14.6 Å². The zero-order valence-electron chi connectivity index (χ0n) is 15.3. The second-order valence-electron chi connectivity index (χ2n) is 6.13. The molecule has 2 atom stereocenters. The van der Waals surface area contributed by atoms with E-state index >= 15 is 0 Å². The zero-order valence-corrected chi connectivity index (χ0v) is 16.1. The van der Waals surface area contributed by atoms with E-state index in [-0.39, 0.29) is 17.5 Å². The van der Waals surface area contributed by atoms with Crippen LogP contribution in [-0.2, 0) is 19.4 Å². The first kappa shape index (κ1) is 20.6. The molecular formula is C19H23N3O4S. The number of aromatic nitrogens is 1. The van der Waals surface area contributed by atoms with E-state index in [1.165, 1.54) is 24.5 Å². The lowest BCUT2D eigenvalue weighted by atomic mass is 10.2. The Morgan fingerprint density at radius 2 is 1.78 bits per heavy atom. The standard InChI is InChI=1S/C19H23N3O4S/c1-3-14(2)22-19(24)18(23)21-13-17(15-8-7-11-20-12-15)27(25,26)16-9-5-4-6-10-16/h4-12,14,17H,3,13H2,1-2H3,(H,21,23)(H,22,24)/t14-,17+/m0/s1. The number of carbonyl (C=O) groups is 2. The van der Waals surface area contributed by atoms with Crippen LogP contribution in [-0.4, -0.2) is 37.8 Å². The highest BCUT2D eigenvalue weighted by atomic mass is 32.2. The van der Waals surface area contributed by atoms with E-state index in [0.29, 0.717) is 12.0 Å². The van der Waals surface area contributed by atoms with Gasteiger partial charge in [-0.25, -0.2) is 8.42 Å². The van der Waals surface area contributed by atoms with Gasteiger partial charge in [-0.15, -0.1) is 0 Å². The third-order valence-corrected chi connectivity index (χ3v) is 6.26. The van der Waals surface area contributed by atoms with Gasteiger partial charge in [0.05, 0.1) is 4.90 Å². The maximum absolute atomic E-state index is 13.1. The normalized spacial score (nSPS) is 13.4. The summed E-state index contributed by atoms with van der Waals surface area (Å²) in [6.07, 6.45) is 3.66. The lowest BCUT2D eigenvalue weighted by Crippen LogP contribution is -2.45. The van der Waals surface area contributed by atoms with Crippen molar-refractivity contribution in [3.63, 3.8) is 0 Å². The summed E-state index contributed by atoms with van der Waals surface area (Å²) in [7, 11) is -3.79. The molecule has 2 amide bonds. The lowest BCUT2D eigenvalue weighted by molar-refractivity contribution is -0.139. The largest absolute Gasteiger partial charge is 0.346 e. The Kier molecular flexibility index (Phi) is 7.06. The first-order valence-corrected chi connectivity index (χ1v) is 10.2. The van der Waals surface area contributed by atoms with Crippen molar-refractivity contribution in [1.82, 2.24) is 15.6 Å². The summed E-state index contributed by atoms with van der Waals surface area (Å²) in [6, 6.07) is 11.1.